The smallest absolute Gasteiger partial charge is 0.417 e. The third-order valence-corrected chi connectivity index (χ3v) is 8.94. The molecule has 46 heavy (non-hydrogen) atoms. The first-order chi connectivity index (χ1) is 22.0. The number of aromatic nitrogens is 2. The lowest BCUT2D eigenvalue weighted by Gasteiger charge is -2.47. The molecule has 2 N–H and O–H groups in total. The Kier molecular flexibility index (Phi) is 10.4. The second kappa shape index (κ2) is 14.3. The SMILES string of the molecule is COc1nc(N2CC3CC(C2)O3)c2cc(C(F)(F)F)c(/C=C/C=C/F)c(F)c2n1.FC1CC2CCCN2C1.N#Cc1ccsc1N. The molecule has 0 saturated carbocycles. The van der Waals surface area contributed by atoms with Gasteiger partial charge in [0.2, 0.25) is 0 Å². The van der Waals surface area contributed by atoms with Gasteiger partial charge in [0.1, 0.15) is 28.6 Å². The van der Waals surface area contributed by atoms with Gasteiger partial charge in [0.05, 0.1) is 36.8 Å². The summed E-state index contributed by atoms with van der Waals surface area (Å²) >= 11 is 1.38. The third-order valence-electron chi connectivity index (χ3n) is 8.20. The van der Waals surface area contributed by atoms with Crippen LogP contribution in [0, 0.1) is 17.1 Å². The van der Waals surface area contributed by atoms with Gasteiger partial charge in [0, 0.05) is 43.0 Å². The fourth-order valence-electron chi connectivity index (χ4n) is 6.10. The molecule has 4 atom stereocenters. The van der Waals surface area contributed by atoms with Crippen LogP contribution < -0.4 is 15.4 Å². The van der Waals surface area contributed by atoms with E-state index in [4.69, 9.17) is 20.5 Å². The number of benzene rings is 1. The highest BCUT2D eigenvalue weighted by atomic mass is 32.1. The molecule has 1 aromatic carbocycles. The van der Waals surface area contributed by atoms with Gasteiger partial charge in [0.15, 0.2) is 5.82 Å². The van der Waals surface area contributed by atoms with Gasteiger partial charge in [-0.05, 0) is 49.4 Å². The van der Waals surface area contributed by atoms with Gasteiger partial charge in [-0.3, -0.25) is 4.90 Å². The Labute approximate surface area is 265 Å². The van der Waals surface area contributed by atoms with Crippen molar-refractivity contribution in [1.82, 2.24) is 14.9 Å². The molecule has 3 aromatic rings. The second-order valence-electron chi connectivity index (χ2n) is 11.2. The minimum atomic E-state index is -4.83. The highest BCUT2D eigenvalue weighted by Crippen LogP contribution is 2.41. The fraction of sp³-hybridized carbons (Fsp3) is 0.452. The van der Waals surface area contributed by atoms with Gasteiger partial charge in [0.25, 0.3) is 0 Å². The van der Waals surface area contributed by atoms with Gasteiger partial charge < -0.3 is 20.1 Å². The first-order valence-corrected chi connectivity index (χ1v) is 15.5. The van der Waals surface area contributed by atoms with Crippen LogP contribution >= 0.6 is 11.3 Å². The van der Waals surface area contributed by atoms with Crippen molar-refractivity contribution >= 4 is 39.1 Å². The molecular weight excluding hydrogens is 634 g/mol. The molecule has 0 radical (unpaired) electrons. The van der Waals surface area contributed by atoms with E-state index in [9.17, 15) is 22.0 Å². The lowest BCUT2D eigenvalue weighted by atomic mass is 9.97. The number of alkyl halides is 4. The summed E-state index contributed by atoms with van der Waals surface area (Å²) in [6.07, 6.45) is 1.60. The highest BCUT2D eigenvalue weighted by molar-refractivity contribution is 7.14. The van der Waals surface area contributed by atoms with Crippen molar-refractivity contribution in [3.63, 3.8) is 0 Å². The number of piperidine rings is 1. The van der Waals surface area contributed by atoms with E-state index in [0.717, 1.165) is 43.7 Å². The Morgan fingerprint density at radius 1 is 1.17 bits per heavy atom. The number of fused-ring (bicyclic) bond motifs is 4. The van der Waals surface area contributed by atoms with E-state index in [1.807, 2.05) is 6.07 Å². The summed E-state index contributed by atoms with van der Waals surface area (Å²) in [5.41, 5.74) is 3.69. The molecule has 0 aliphatic carbocycles. The standard InChI is InChI=1S/C19H16F5N3O2.C7H12FN.C5H4N2S/c1-28-18-25-16-13(17(26-18)27-8-10-6-11(9-27)29-10)7-14(19(22,23)24)12(15(16)21)4-2-3-5-20;8-6-4-7-2-1-3-9(7)5-6;6-3-4-1-2-8-5(4)7/h2-5,7,10-11H,6,8-9H2,1H3;6-7H,1-5H2;1-2H,7H2/b4-2+,5-3+;;. The number of hydrogen-bond acceptors (Lipinski definition) is 9. The summed E-state index contributed by atoms with van der Waals surface area (Å²) in [6, 6.07) is 4.94. The topological polar surface area (TPSA) is 101 Å². The number of methoxy groups -OCH3 is 1. The summed E-state index contributed by atoms with van der Waals surface area (Å²) in [6.45, 7) is 2.71. The first kappa shape index (κ1) is 33.5. The van der Waals surface area contributed by atoms with Gasteiger partial charge in [-0.25, -0.2) is 13.2 Å². The van der Waals surface area contributed by atoms with Crippen LogP contribution in [0.4, 0.5) is 37.2 Å². The zero-order chi connectivity index (χ0) is 33.0. The second-order valence-corrected chi connectivity index (χ2v) is 12.2. The highest BCUT2D eigenvalue weighted by Gasteiger charge is 2.41. The van der Waals surface area contributed by atoms with Crippen LogP contribution in [0.5, 0.6) is 6.01 Å². The normalized spacial score (nSPS) is 23.8. The van der Waals surface area contributed by atoms with Crippen molar-refractivity contribution in [3.05, 3.63) is 58.5 Å². The number of nitrogens with zero attached hydrogens (tertiary/aromatic N) is 5. The van der Waals surface area contributed by atoms with E-state index in [-0.39, 0.29) is 41.3 Å². The monoisotopic (exact) mass is 666 g/mol. The Balaban J connectivity index is 0.000000197. The number of anilines is 2. The lowest BCUT2D eigenvalue weighted by molar-refractivity contribution is -0.137. The molecule has 2 aromatic heterocycles. The zero-order valence-corrected chi connectivity index (χ0v) is 25.6. The third kappa shape index (κ3) is 7.40. The molecule has 5 aliphatic rings. The molecule has 15 heteroatoms. The van der Waals surface area contributed by atoms with Crippen LogP contribution in [-0.2, 0) is 10.9 Å². The maximum Gasteiger partial charge on any atom is 0.417 e. The van der Waals surface area contributed by atoms with Crippen molar-refractivity contribution in [3.8, 4) is 12.1 Å². The van der Waals surface area contributed by atoms with Crippen LogP contribution in [0.1, 0.15) is 42.4 Å². The van der Waals surface area contributed by atoms with E-state index in [1.54, 1.807) is 16.3 Å². The fourth-order valence-corrected chi connectivity index (χ4v) is 6.69. The van der Waals surface area contributed by atoms with E-state index < -0.39 is 29.3 Å². The Bertz CT molecular complexity index is 1610. The average molecular weight is 667 g/mol. The van der Waals surface area contributed by atoms with Crippen molar-refractivity contribution < 1.29 is 35.8 Å². The minimum Gasteiger partial charge on any atom is -0.467 e. The molecule has 5 fully saturated rings. The molecule has 7 heterocycles. The Morgan fingerprint density at radius 2 is 1.91 bits per heavy atom. The number of nitrogen functional groups attached to an aromatic ring is 1. The summed E-state index contributed by atoms with van der Waals surface area (Å²) in [4.78, 5) is 12.2. The van der Waals surface area contributed by atoms with Crippen LogP contribution in [0.15, 0.2) is 36.0 Å². The number of ether oxygens (including phenoxy) is 2. The number of morpholine rings is 1. The van der Waals surface area contributed by atoms with Crippen LogP contribution in [-0.4, -0.2) is 72.6 Å². The molecule has 246 valence electrons. The largest absolute Gasteiger partial charge is 0.467 e. The van der Waals surface area contributed by atoms with E-state index in [0.29, 0.717) is 36.2 Å². The van der Waals surface area contributed by atoms with Crippen LogP contribution in [0.2, 0.25) is 0 Å². The first-order valence-electron chi connectivity index (χ1n) is 14.6. The van der Waals surface area contributed by atoms with Gasteiger partial charge in [-0.15, -0.1) is 11.3 Å². The number of rotatable bonds is 4. The molecule has 0 spiro atoms. The summed E-state index contributed by atoms with van der Waals surface area (Å²) in [7, 11) is 1.29. The van der Waals surface area contributed by atoms with Gasteiger partial charge in [-0.1, -0.05) is 12.2 Å². The lowest BCUT2D eigenvalue weighted by Crippen LogP contribution is -2.57. The predicted octanol–water partition coefficient (Wildman–Crippen LogP) is 6.66. The summed E-state index contributed by atoms with van der Waals surface area (Å²) in [5, 5.41) is 10.6. The van der Waals surface area contributed by atoms with Crippen molar-refractivity contribution in [2.24, 2.45) is 0 Å². The average Bonchev–Trinajstić information content (AvgIpc) is 3.73. The van der Waals surface area contributed by atoms with Crippen molar-refractivity contribution in [2.75, 3.05) is 43.9 Å². The van der Waals surface area contributed by atoms with E-state index in [1.165, 1.54) is 31.3 Å². The predicted molar refractivity (Wildman–Crippen MR) is 163 cm³/mol. The van der Waals surface area contributed by atoms with E-state index >= 15 is 4.39 Å². The van der Waals surface area contributed by atoms with Gasteiger partial charge >= 0.3 is 12.2 Å². The number of nitrogens with two attached hydrogens (primary N) is 1. The number of halogens is 6. The molecule has 4 unspecified atom stereocenters. The van der Waals surface area contributed by atoms with Crippen LogP contribution in [0.25, 0.3) is 17.0 Å². The van der Waals surface area contributed by atoms with Crippen molar-refractivity contribution in [1.29, 1.82) is 5.26 Å². The maximum atomic E-state index is 15.2. The molecule has 8 rings (SSSR count). The van der Waals surface area contributed by atoms with E-state index in [2.05, 4.69) is 14.9 Å². The Hall–Kier alpha value is -3.87. The van der Waals surface area contributed by atoms with Crippen LogP contribution in [0.3, 0.4) is 0 Å². The number of hydrogen-bond donors (Lipinski definition) is 1. The summed E-state index contributed by atoms with van der Waals surface area (Å²) in [5.74, 6) is -1.02. The number of allylic oxidation sites excluding steroid dienone is 2. The minimum absolute atomic E-state index is 0.0358. The number of nitriles is 1. The zero-order valence-electron chi connectivity index (χ0n) is 24.8. The van der Waals surface area contributed by atoms with Gasteiger partial charge in [-0.2, -0.15) is 28.4 Å². The molecule has 8 nitrogen and oxygen atoms in total. The molecular formula is C31H32F6N6O2S. The molecule has 0 amide bonds. The summed E-state index contributed by atoms with van der Waals surface area (Å²) < 4.78 is 91.5. The van der Waals surface area contributed by atoms with Crippen molar-refractivity contribution in [2.45, 2.75) is 56.3 Å². The quantitative estimate of drug-likeness (QED) is 0.244. The molecule has 5 aliphatic heterocycles. The Morgan fingerprint density at radius 3 is 2.48 bits per heavy atom. The maximum absolute atomic E-state index is 15.2. The number of thiophene rings is 1. The molecule has 2 bridgehead atoms. The molecule has 5 saturated heterocycles.